The second-order valence-electron chi connectivity index (χ2n) is 6.41. The molecule has 2 aliphatic rings. The van der Waals surface area contributed by atoms with Crippen molar-refractivity contribution in [1.82, 2.24) is 9.80 Å². The standard InChI is InChI=1S/C19H18BrFN2O/c20-15-9-14(10-16(21)11-15)19(24)23-8-7-22-6-5-13-3-1-2-4-17(13)18(22)12-23/h1-4,9-11,18H,5-8,12H2. The molecule has 0 spiro atoms. The maximum Gasteiger partial charge on any atom is 0.254 e. The van der Waals surface area contributed by atoms with Crippen molar-refractivity contribution in [3.05, 3.63) is 69.4 Å². The molecule has 0 radical (unpaired) electrons. The largest absolute Gasteiger partial charge is 0.335 e. The molecule has 2 aliphatic heterocycles. The number of fused-ring (bicyclic) bond motifs is 3. The predicted molar refractivity (Wildman–Crippen MR) is 94.5 cm³/mol. The molecule has 0 bridgehead atoms. The van der Waals surface area contributed by atoms with E-state index < -0.39 is 5.82 Å². The number of halogens is 2. The molecule has 1 unspecified atom stereocenters. The summed E-state index contributed by atoms with van der Waals surface area (Å²) in [6.07, 6.45) is 1.07. The van der Waals surface area contributed by atoms with Crippen LogP contribution in [0.25, 0.3) is 0 Å². The van der Waals surface area contributed by atoms with E-state index in [0.717, 1.165) is 19.5 Å². The third-order valence-corrected chi connectivity index (χ3v) is 5.43. The molecule has 0 aliphatic carbocycles. The van der Waals surface area contributed by atoms with Gasteiger partial charge in [0.1, 0.15) is 5.82 Å². The molecule has 24 heavy (non-hydrogen) atoms. The van der Waals surface area contributed by atoms with Crippen molar-refractivity contribution < 1.29 is 9.18 Å². The third-order valence-electron chi connectivity index (χ3n) is 4.97. The first kappa shape index (κ1) is 15.8. The molecule has 1 amide bonds. The molecule has 2 aromatic rings. The van der Waals surface area contributed by atoms with E-state index in [9.17, 15) is 9.18 Å². The van der Waals surface area contributed by atoms with E-state index in [1.54, 1.807) is 6.07 Å². The van der Waals surface area contributed by atoms with Crippen LogP contribution in [0.1, 0.15) is 27.5 Å². The number of rotatable bonds is 1. The summed E-state index contributed by atoms with van der Waals surface area (Å²) in [7, 11) is 0. The first-order valence-corrected chi connectivity index (χ1v) is 8.98. The van der Waals surface area contributed by atoms with Crippen LogP contribution in [0.3, 0.4) is 0 Å². The minimum Gasteiger partial charge on any atom is -0.335 e. The average Bonchev–Trinajstić information content (AvgIpc) is 2.59. The van der Waals surface area contributed by atoms with Crippen LogP contribution in [0.4, 0.5) is 4.39 Å². The maximum atomic E-state index is 13.6. The Balaban J connectivity index is 1.60. The monoisotopic (exact) mass is 388 g/mol. The second-order valence-corrected chi connectivity index (χ2v) is 7.33. The highest BCUT2D eigenvalue weighted by atomic mass is 79.9. The molecule has 2 heterocycles. The van der Waals surface area contributed by atoms with Crippen LogP contribution in [0.15, 0.2) is 46.9 Å². The van der Waals surface area contributed by atoms with Crippen LogP contribution in [-0.4, -0.2) is 41.9 Å². The summed E-state index contributed by atoms with van der Waals surface area (Å²) in [5.41, 5.74) is 3.10. The average molecular weight is 389 g/mol. The lowest BCUT2D eigenvalue weighted by Crippen LogP contribution is -2.52. The second kappa shape index (κ2) is 6.30. The first-order chi connectivity index (χ1) is 11.6. The van der Waals surface area contributed by atoms with Crippen molar-refractivity contribution in [2.24, 2.45) is 0 Å². The van der Waals surface area contributed by atoms with Gasteiger partial charge < -0.3 is 4.90 Å². The van der Waals surface area contributed by atoms with Crippen LogP contribution < -0.4 is 0 Å². The minimum atomic E-state index is -0.394. The maximum absolute atomic E-state index is 13.6. The Labute approximate surface area is 149 Å². The van der Waals surface area contributed by atoms with Crippen molar-refractivity contribution in [1.29, 1.82) is 0 Å². The minimum absolute atomic E-state index is 0.0992. The van der Waals surface area contributed by atoms with Gasteiger partial charge in [0.15, 0.2) is 0 Å². The zero-order chi connectivity index (χ0) is 16.7. The summed E-state index contributed by atoms with van der Waals surface area (Å²) >= 11 is 3.26. The predicted octanol–water partition coefficient (Wildman–Crippen LogP) is 3.64. The Morgan fingerprint density at radius 2 is 1.96 bits per heavy atom. The number of nitrogens with zero attached hydrogens (tertiary/aromatic N) is 2. The zero-order valence-electron chi connectivity index (χ0n) is 13.2. The quantitative estimate of drug-likeness (QED) is 0.744. The fourth-order valence-electron chi connectivity index (χ4n) is 3.78. The topological polar surface area (TPSA) is 23.6 Å². The molecule has 4 rings (SSSR count). The van der Waals surface area contributed by atoms with E-state index in [4.69, 9.17) is 0 Å². The van der Waals surface area contributed by atoms with Crippen molar-refractivity contribution in [3.8, 4) is 0 Å². The van der Waals surface area contributed by atoms with Crippen LogP contribution in [-0.2, 0) is 6.42 Å². The van der Waals surface area contributed by atoms with Gasteiger partial charge in [0, 0.05) is 36.2 Å². The van der Waals surface area contributed by atoms with E-state index in [2.05, 4.69) is 45.1 Å². The molecule has 0 aromatic heterocycles. The van der Waals surface area contributed by atoms with Gasteiger partial charge in [-0.25, -0.2) is 4.39 Å². The highest BCUT2D eigenvalue weighted by Gasteiger charge is 2.34. The number of hydrogen-bond donors (Lipinski definition) is 0. The lowest BCUT2D eigenvalue weighted by molar-refractivity contribution is 0.0453. The Morgan fingerprint density at radius 3 is 2.79 bits per heavy atom. The lowest BCUT2D eigenvalue weighted by atomic mass is 9.91. The first-order valence-electron chi connectivity index (χ1n) is 8.19. The molecule has 3 nitrogen and oxygen atoms in total. The Hall–Kier alpha value is -1.72. The Bertz CT molecular complexity index is 774. The van der Waals surface area contributed by atoms with Gasteiger partial charge in [-0.2, -0.15) is 0 Å². The molecule has 0 saturated carbocycles. The molecule has 1 saturated heterocycles. The zero-order valence-corrected chi connectivity index (χ0v) is 14.8. The van der Waals surface area contributed by atoms with E-state index in [0.29, 0.717) is 23.1 Å². The lowest BCUT2D eigenvalue weighted by Gasteiger charge is -2.44. The smallest absolute Gasteiger partial charge is 0.254 e. The van der Waals surface area contributed by atoms with Gasteiger partial charge in [-0.15, -0.1) is 0 Å². The third kappa shape index (κ3) is 2.87. The summed E-state index contributed by atoms with van der Waals surface area (Å²) in [6, 6.07) is 13.1. The number of hydrogen-bond acceptors (Lipinski definition) is 2. The van der Waals surface area contributed by atoms with Gasteiger partial charge in [-0.3, -0.25) is 9.69 Å². The van der Waals surface area contributed by atoms with Crippen molar-refractivity contribution >= 4 is 21.8 Å². The fourth-order valence-corrected chi connectivity index (χ4v) is 4.24. The summed E-state index contributed by atoms with van der Waals surface area (Å²) in [6.45, 7) is 3.24. The molecule has 1 fully saturated rings. The molecule has 1 atom stereocenters. The van der Waals surface area contributed by atoms with Gasteiger partial charge in [0.25, 0.3) is 5.91 Å². The van der Waals surface area contributed by atoms with E-state index in [1.165, 1.54) is 23.3 Å². The van der Waals surface area contributed by atoms with Crippen LogP contribution in [0.5, 0.6) is 0 Å². The number of amides is 1. The van der Waals surface area contributed by atoms with Gasteiger partial charge >= 0.3 is 0 Å². The normalized spacial score (nSPS) is 20.4. The van der Waals surface area contributed by atoms with Gasteiger partial charge in [-0.05, 0) is 35.7 Å². The number of benzene rings is 2. The summed E-state index contributed by atoms with van der Waals surface area (Å²) in [5, 5.41) is 0. The number of carbonyl (C=O) groups excluding carboxylic acids is 1. The van der Waals surface area contributed by atoms with Crippen molar-refractivity contribution in [3.63, 3.8) is 0 Å². The van der Waals surface area contributed by atoms with Crippen molar-refractivity contribution in [2.45, 2.75) is 12.5 Å². The SMILES string of the molecule is O=C(c1cc(F)cc(Br)c1)N1CCN2CCc3ccccc3C2C1. The van der Waals surface area contributed by atoms with E-state index in [1.807, 2.05) is 4.90 Å². The highest BCUT2D eigenvalue weighted by molar-refractivity contribution is 9.10. The molecular formula is C19H18BrFN2O. The number of carbonyl (C=O) groups is 1. The van der Waals surface area contributed by atoms with Gasteiger partial charge in [0.05, 0.1) is 6.04 Å². The van der Waals surface area contributed by atoms with Gasteiger partial charge in [-0.1, -0.05) is 40.2 Å². The fraction of sp³-hybridized carbons (Fsp3) is 0.316. The number of piperazine rings is 1. The molecule has 2 aromatic carbocycles. The summed E-state index contributed by atoms with van der Waals surface area (Å²) < 4.78 is 14.2. The van der Waals surface area contributed by atoms with Crippen LogP contribution in [0, 0.1) is 5.82 Å². The highest BCUT2D eigenvalue weighted by Crippen LogP contribution is 2.33. The molecular weight excluding hydrogens is 371 g/mol. The van der Waals surface area contributed by atoms with E-state index in [-0.39, 0.29) is 11.9 Å². The Kier molecular flexibility index (Phi) is 4.14. The van der Waals surface area contributed by atoms with Gasteiger partial charge in [0.2, 0.25) is 0 Å². The molecule has 0 N–H and O–H groups in total. The Morgan fingerprint density at radius 1 is 1.12 bits per heavy atom. The van der Waals surface area contributed by atoms with Crippen LogP contribution in [0.2, 0.25) is 0 Å². The molecule has 124 valence electrons. The summed E-state index contributed by atoms with van der Waals surface area (Å²) in [5.74, 6) is -0.493. The van der Waals surface area contributed by atoms with E-state index >= 15 is 0 Å². The summed E-state index contributed by atoms with van der Waals surface area (Å²) in [4.78, 5) is 17.1. The molecule has 5 heteroatoms. The van der Waals surface area contributed by atoms with Crippen LogP contribution >= 0.6 is 15.9 Å². The van der Waals surface area contributed by atoms with Crippen molar-refractivity contribution in [2.75, 3.05) is 26.2 Å².